The maximum absolute atomic E-state index is 16.8. The zero-order chi connectivity index (χ0) is 32.0. The molecule has 2 N–H and O–H groups in total. The summed E-state index contributed by atoms with van der Waals surface area (Å²) >= 11 is 6.53. The van der Waals surface area contributed by atoms with E-state index in [-0.39, 0.29) is 57.0 Å². The van der Waals surface area contributed by atoms with Gasteiger partial charge in [-0.15, -0.1) is 0 Å². The number of fused-ring (bicyclic) bond motifs is 5. The van der Waals surface area contributed by atoms with Gasteiger partial charge in [0.15, 0.2) is 5.82 Å². The van der Waals surface area contributed by atoms with Crippen molar-refractivity contribution in [2.24, 2.45) is 5.92 Å². The lowest BCUT2D eigenvalue weighted by atomic mass is 9.91. The minimum absolute atomic E-state index is 0.0875. The molecule has 4 fully saturated rings. The smallest absolute Gasteiger partial charge is 0.319 e. The third kappa shape index (κ3) is 4.85. The number of alkyl halides is 2. The van der Waals surface area contributed by atoms with Crippen LogP contribution in [0.2, 0.25) is 5.02 Å². The van der Waals surface area contributed by atoms with Crippen LogP contribution in [0.5, 0.6) is 11.8 Å². The van der Waals surface area contributed by atoms with Gasteiger partial charge in [0.25, 0.3) is 0 Å². The van der Waals surface area contributed by atoms with Gasteiger partial charge in [0.1, 0.15) is 29.5 Å². The first-order chi connectivity index (χ1) is 22.0. The fourth-order valence-corrected chi connectivity index (χ4v) is 8.80. The predicted molar refractivity (Wildman–Crippen MR) is 169 cm³/mol. The van der Waals surface area contributed by atoms with E-state index in [0.29, 0.717) is 49.1 Å². The molecule has 0 spiro atoms. The first-order valence-corrected chi connectivity index (χ1v) is 16.2. The van der Waals surface area contributed by atoms with Crippen LogP contribution >= 0.6 is 11.6 Å². The van der Waals surface area contributed by atoms with Crippen molar-refractivity contribution in [3.8, 4) is 22.9 Å². The summed E-state index contributed by atoms with van der Waals surface area (Å²) in [5.41, 5.74) is -1.16. The molecule has 0 radical (unpaired) electrons. The van der Waals surface area contributed by atoms with Crippen molar-refractivity contribution in [2.45, 2.75) is 62.6 Å². The van der Waals surface area contributed by atoms with Crippen LogP contribution in [0.4, 0.5) is 23.4 Å². The van der Waals surface area contributed by atoms with E-state index in [4.69, 9.17) is 21.3 Å². The molecule has 5 heterocycles. The van der Waals surface area contributed by atoms with Crippen LogP contribution in [0.25, 0.3) is 32.8 Å². The third-order valence-corrected chi connectivity index (χ3v) is 10.9. The molecular weight excluding hydrogens is 622 g/mol. The summed E-state index contributed by atoms with van der Waals surface area (Å²) in [5.74, 6) is -2.32. The Morgan fingerprint density at radius 1 is 1.15 bits per heavy atom. The lowest BCUT2D eigenvalue weighted by molar-refractivity contribution is 0.0783. The largest absolute Gasteiger partial charge is 0.508 e. The lowest BCUT2D eigenvalue weighted by Crippen LogP contribution is -2.58. The molecule has 4 atom stereocenters. The maximum atomic E-state index is 16.8. The zero-order valence-electron chi connectivity index (χ0n) is 25.3. The number of anilines is 1. The molecule has 3 unspecified atom stereocenters. The average Bonchev–Trinajstić information content (AvgIpc) is 3.65. The zero-order valence-corrected chi connectivity index (χ0v) is 26.1. The summed E-state index contributed by atoms with van der Waals surface area (Å²) in [6.07, 6.45) is 1.41. The molecule has 8 rings (SSSR count). The van der Waals surface area contributed by atoms with Crippen molar-refractivity contribution in [3.63, 3.8) is 0 Å². The predicted octanol–water partition coefficient (Wildman–Crippen LogP) is 6.92. The number of ether oxygens (including phenoxy) is 1. The topological polar surface area (TPSA) is 73.8 Å². The van der Waals surface area contributed by atoms with Gasteiger partial charge in [0, 0.05) is 58.5 Å². The van der Waals surface area contributed by atoms with Crippen molar-refractivity contribution in [1.82, 2.24) is 20.2 Å². The summed E-state index contributed by atoms with van der Waals surface area (Å²) in [5, 5.41) is 15.5. The average molecular weight is 656 g/mol. The first-order valence-electron chi connectivity index (χ1n) is 15.8. The van der Waals surface area contributed by atoms with Crippen LogP contribution in [0.3, 0.4) is 0 Å². The number of nitrogens with zero attached hydrogens (tertiary/aromatic N) is 4. The summed E-state index contributed by atoms with van der Waals surface area (Å²) in [7, 11) is 0. The van der Waals surface area contributed by atoms with E-state index in [0.717, 1.165) is 25.8 Å². The number of hydrogen-bond acceptors (Lipinski definition) is 7. The van der Waals surface area contributed by atoms with Gasteiger partial charge in [-0.1, -0.05) is 23.7 Å². The molecule has 0 aliphatic carbocycles. The van der Waals surface area contributed by atoms with Crippen molar-refractivity contribution in [2.75, 3.05) is 37.7 Å². The number of rotatable bonds is 6. The lowest BCUT2D eigenvalue weighted by Gasteiger charge is -2.40. The quantitative estimate of drug-likeness (QED) is 0.219. The van der Waals surface area contributed by atoms with Crippen LogP contribution in [0, 0.1) is 17.6 Å². The molecular formula is C34H34ClF4N5O2. The molecule has 46 heavy (non-hydrogen) atoms. The van der Waals surface area contributed by atoms with Crippen molar-refractivity contribution >= 4 is 39.1 Å². The van der Waals surface area contributed by atoms with Gasteiger partial charge < -0.3 is 20.1 Å². The Balaban J connectivity index is 1.27. The number of phenols is 1. The molecule has 1 aromatic heterocycles. The van der Waals surface area contributed by atoms with E-state index < -0.39 is 29.5 Å². The minimum atomic E-state index is -2.42. The molecule has 0 saturated carbocycles. The second kappa shape index (κ2) is 10.8. The Morgan fingerprint density at radius 3 is 2.80 bits per heavy atom. The van der Waals surface area contributed by atoms with Gasteiger partial charge >= 0.3 is 6.01 Å². The van der Waals surface area contributed by atoms with Gasteiger partial charge in [-0.25, -0.2) is 17.6 Å². The molecule has 0 amide bonds. The SMILES string of the molecule is C[C@]12CCC(CN(c3nc(OCC45CCCN4CC(C(F)F)C5)nc4c(F)c(-c5cc(O)cc6cccc(Cl)c56)c(F)cc34)C1)N2. The third-order valence-electron chi connectivity index (χ3n) is 10.6. The first kappa shape index (κ1) is 30.0. The number of benzene rings is 3. The molecule has 4 aliphatic heterocycles. The number of hydrogen-bond donors (Lipinski definition) is 2. The van der Waals surface area contributed by atoms with E-state index >= 15 is 8.78 Å². The van der Waals surface area contributed by atoms with E-state index in [1.165, 1.54) is 18.2 Å². The number of nitrogens with one attached hydrogen (secondary N) is 1. The Morgan fingerprint density at radius 2 is 2.00 bits per heavy atom. The van der Waals surface area contributed by atoms with Gasteiger partial charge in [-0.3, -0.25) is 4.90 Å². The van der Waals surface area contributed by atoms with Gasteiger partial charge in [-0.05, 0) is 75.2 Å². The molecule has 4 saturated heterocycles. The van der Waals surface area contributed by atoms with Gasteiger partial charge in [-0.2, -0.15) is 9.97 Å². The Kier molecular flexibility index (Phi) is 7.04. The standard InChI is InChI=1S/C34H34ClF4N5O2/c1-33-8-6-20(42-33)15-43(16-33)31-23-12-25(36)27(22-11-21(45)10-18-4-2-5-24(35)26(18)22)28(37)29(23)40-32(41-31)46-17-34-7-3-9-44(34)14-19(13-34)30(38)39/h2,4-5,10-12,19-20,30,42,45H,3,6-9,13-17H2,1H3/t19?,20?,33-,34?/m0/s1. The fourth-order valence-electron chi connectivity index (χ4n) is 8.52. The van der Waals surface area contributed by atoms with Gasteiger partial charge in [0.05, 0.1) is 11.1 Å². The van der Waals surface area contributed by atoms with Crippen LogP contribution in [0.15, 0.2) is 36.4 Å². The highest BCUT2D eigenvalue weighted by atomic mass is 35.5. The maximum Gasteiger partial charge on any atom is 0.319 e. The fraction of sp³-hybridized carbons (Fsp3) is 0.471. The normalized spacial score (nSPS) is 27.8. The van der Waals surface area contributed by atoms with Crippen molar-refractivity contribution < 1.29 is 27.4 Å². The van der Waals surface area contributed by atoms with Gasteiger partial charge in [0.2, 0.25) is 6.43 Å². The van der Waals surface area contributed by atoms with Crippen LogP contribution in [-0.2, 0) is 0 Å². The summed E-state index contributed by atoms with van der Waals surface area (Å²) < 4.78 is 66.7. The molecule has 3 aromatic carbocycles. The molecule has 4 aliphatic rings. The van der Waals surface area contributed by atoms with Crippen molar-refractivity contribution in [3.05, 3.63) is 53.1 Å². The number of phenolic OH excluding ortho intramolecular Hbond substituents is 1. The molecule has 2 bridgehead atoms. The molecule has 7 nitrogen and oxygen atoms in total. The highest BCUT2D eigenvalue weighted by Crippen LogP contribution is 2.45. The van der Waals surface area contributed by atoms with E-state index in [1.54, 1.807) is 18.2 Å². The number of halogens is 5. The molecule has 12 heteroatoms. The number of piperazine rings is 1. The van der Waals surface area contributed by atoms with E-state index in [9.17, 15) is 13.9 Å². The summed E-state index contributed by atoms with van der Waals surface area (Å²) in [6, 6.07) is 9.16. The van der Waals surface area contributed by atoms with E-state index in [1.807, 2.05) is 4.90 Å². The highest BCUT2D eigenvalue weighted by Gasteiger charge is 2.51. The summed E-state index contributed by atoms with van der Waals surface area (Å²) in [6.45, 7) is 4.40. The Labute approximate surface area is 268 Å². The second-order valence-electron chi connectivity index (χ2n) is 13.8. The number of aromatic hydroxyl groups is 1. The van der Waals surface area contributed by atoms with Crippen LogP contribution < -0.4 is 15.0 Å². The van der Waals surface area contributed by atoms with Crippen LogP contribution in [0.1, 0.15) is 39.0 Å². The molecule has 4 aromatic rings. The molecule has 242 valence electrons. The Bertz CT molecular complexity index is 1880. The Hall–Kier alpha value is -3.41. The monoisotopic (exact) mass is 655 g/mol. The second-order valence-corrected chi connectivity index (χ2v) is 14.2. The van der Waals surface area contributed by atoms with Crippen molar-refractivity contribution in [1.29, 1.82) is 0 Å². The minimum Gasteiger partial charge on any atom is -0.508 e. The number of aromatic nitrogens is 2. The highest BCUT2D eigenvalue weighted by molar-refractivity contribution is 6.36. The van der Waals surface area contributed by atoms with Crippen LogP contribution in [-0.4, -0.2) is 76.3 Å². The van der Waals surface area contributed by atoms with E-state index in [2.05, 4.69) is 22.1 Å². The summed E-state index contributed by atoms with van der Waals surface area (Å²) in [4.78, 5) is 13.4.